The molecule has 0 spiro atoms. The number of carbonyl (C=O) groups is 1. The quantitative estimate of drug-likeness (QED) is 0.176. The van der Waals surface area contributed by atoms with Crippen LogP contribution in [0, 0.1) is 19.7 Å². The van der Waals surface area contributed by atoms with Gasteiger partial charge in [-0.3, -0.25) is 0 Å². The summed E-state index contributed by atoms with van der Waals surface area (Å²) >= 11 is 6.49. The summed E-state index contributed by atoms with van der Waals surface area (Å²) in [5.41, 5.74) is 6.55. The van der Waals surface area contributed by atoms with E-state index in [2.05, 4.69) is 0 Å². The fraction of sp³-hybridized carbons (Fsp3) is 0.306. The molecule has 7 nitrogen and oxygen atoms in total. The number of carbonyl (C=O) groups excluding carboxylic acids is 1. The highest BCUT2D eigenvalue weighted by atomic mass is 35.5. The number of aromatic nitrogens is 3. The Morgan fingerprint density at radius 3 is 2.49 bits per heavy atom. The average Bonchev–Trinajstić information content (AvgIpc) is 3.40. The Hall–Kier alpha value is -4.27. The van der Waals surface area contributed by atoms with Crippen molar-refractivity contribution in [3.8, 4) is 39.4 Å². The maximum atomic E-state index is 15.9. The third kappa shape index (κ3) is 5.69. The topological polar surface area (TPSA) is 75.0 Å². The molecule has 0 amide bonds. The molecule has 0 fully saturated rings. The number of ether oxygens (including phenoxy) is 3. The van der Waals surface area contributed by atoms with Crippen LogP contribution in [0.4, 0.5) is 4.39 Å². The van der Waals surface area contributed by atoms with E-state index < -0.39 is 23.5 Å². The zero-order valence-corrected chi connectivity index (χ0v) is 27.0. The molecule has 0 saturated heterocycles. The van der Waals surface area contributed by atoms with Crippen molar-refractivity contribution in [2.75, 3.05) is 13.7 Å². The zero-order chi connectivity index (χ0) is 32.0. The van der Waals surface area contributed by atoms with Crippen LogP contribution in [0.15, 0.2) is 60.7 Å². The second kappa shape index (κ2) is 11.9. The van der Waals surface area contributed by atoms with E-state index in [0.717, 1.165) is 34.2 Å². The van der Waals surface area contributed by atoms with Crippen molar-refractivity contribution in [1.29, 1.82) is 0 Å². The summed E-state index contributed by atoms with van der Waals surface area (Å²) < 4.78 is 35.0. The van der Waals surface area contributed by atoms with E-state index >= 15 is 4.39 Å². The van der Waals surface area contributed by atoms with Gasteiger partial charge < -0.3 is 14.2 Å². The molecule has 45 heavy (non-hydrogen) atoms. The highest BCUT2D eigenvalue weighted by molar-refractivity contribution is 6.31. The van der Waals surface area contributed by atoms with E-state index in [9.17, 15) is 4.79 Å². The van der Waals surface area contributed by atoms with Crippen molar-refractivity contribution in [2.24, 2.45) is 0 Å². The van der Waals surface area contributed by atoms with Crippen LogP contribution in [0.2, 0.25) is 5.02 Å². The highest BCUT2D eigenvalue weighted by Crippen LogP contribution is 2.44. The van der Waals surface area contributed by atoms with Gasteiger partial charge in [-0.25, -0.2) is 18.7 Å². The lowest BCUT2D eigenvalue weighted by Crippen LogP contribution is -2.30. The standard InChI is InChI=1S/C36H35ClFN3O4/c1-20-25-16-11-17-44-32(25)27(38)19-26(20)31-28(33(35(42)43-6)45-36(3,4)5)21(2)39-34-29(23-14-10-15-24(37)18-23)30(40-41(31)34)22-12-8-7-9-13-22/h7-10,12-15,18-19,33H,11,16-17H2,1-6H3/t33-/m0/s1. The molecule has 0 aliphatic carbocycles. The number of benzene rings is 3. The van der Waals surface area contributed by atoms with Crippen molar-refractivity contribution < 1.29 is 23.4 Å². The highest BCUT2D eigenvalue weighted by Gasteiger charge is 2.36. The molecule has 1 aliphatic heterocycles. The molecule has 1 atom stereocenters. The second-order valence-electron chi connectivity index (χ2n) is 12.2. The molecule has 3 heterocycles. The van der Waals surface area contributed by atoms with Crippen molar-refractivity contribution in [1.82, 2.24) is 14.6 Å². The van der Waals surface area contributed by atoms with Crippen molar-refractivity contribution in [3.63, 3.8) is 0 Å². The summed E-state index contributed by atoms with van der Waals surface area (Å²) in [6, 6.07) is 18.8. The molecule has 5 aromatic rings. The molecule has 3 aromatic carbocycles. The number of nitrogens with zero attached hydrogens (tertiary/aromatic N) is 3. The lowest BCUT2D eigenvalue weighted by molar-refractivity contribution is -0.164. The van der Waals surface area contributed by atoms with Gasteiger partial charge in [-0.15, -0.1) is 0 Å². The number of hydrogen-bond acceptors (Lipinski definition) is 6. The summed E-state index contributed by atoms with van der Waals surface area (Å²) in [5, 5.41) is 5.73. The lowest BCUT2D eigenvalue weighted by atomic mass is 9.90. The Labute approximate surface area is 266 Å². The first-order chi connectivity index (χ1) is 21.5. The smallest absolute Gasteiger partial charge is 0.339 e. The van der Waals surface area contributed by atoms with Gasteiger partial charge in [0.05, 0.1) is 30.6 Å². The van der Waals surface area contributed by atoms with Gasteiger partial charge in [-0.1, -0.05) is 54.1 Å². The average molecular weight is 628 g/mol. The van der Waals surface area contributed by atoms with E-state index in [0.29, 0.717) is 51.9 Å². The Morgan fingerprint density at radius 2 is 1.80 bits per heavy atom. The molecular formula is C36H35ClFN3O4. The van der Waals surface area contributed by atoms with Crippen molar-refractivity contribution >= 4 is 23.2 Å². The summed E-state index contributed by atoms with van der Waals surface area (Å²) in [6.07, 6.45) is 0.261. The third-order valence-electron chi connectivity index (χ3n) is 7.99. The minimum Gasteiger partial charge on any atom is -0.490 e. The summed E-state index contributed by atoms with van der Waals surface area (Å²) in [4.78, 5) is 18.6. The van der Waals surface area contributed by atoms with E-state index in [1.54, 1.807) is 4.52 Å². The fourth-order valence-corrected chi connectivity index (χ4v) is 6.23. The van der Waals surface area contributed by atoms with Crippen LogP contribution in [-0.4, -0.2) is 39.9 Å². The van der Waals surface area contributed by atoms with Gasteiger partial charge in [-0.05, 0) is 76.8 Å². The summed E-state index contributed by atoms with van der Waals surface area (Å²) in [6.45, 7) is 9.83. The predicted octanol–water partition coefficient (Wildman–Crippen LogP) is 8.49. The van der Waals surface area contributed by atoms with Crippen LogP contribution in [0.25, 0.3) is 39.3 Å². The van der Waals surface area contributed by atoms with E-state index in [4.69, 9.17) is 35.9 Å². The van der Waals surface area contributed by atoms with Crippen LogP contribution >= 0.6 is 11.6 Å². The number of methoxy groups -OCH3 is 1. The minimum absolute atomic E-state index is 0.270. The van der Waals surface area contributed by atoms with Crippen molar-refractivity contribution in [3.05, 3.63) is 93.9 Å². The first-order valence-electron chi connectivity index (χ1n) is 14.9. The normalized spacial score (nSPS) is 13.8. The Morgan fingerprint density at radius 1 is 1.07 bits per heavy atom. The Bertz CT molecular complexity index is 1930. The summed E-state index contributed by atoms with van der Waals surface area (Å²) in [7, 11) is 1.32. The zero-order valence-electron chi connectivity index (χ0n) is 26.2. The van der Waals surface area contributed by atoms with Gasteiger partial charge >= 0.3 is 5.97 Å². The molecule has 232 valence electrons. The fourth-order valence-electron chi connectivity index (χ4n) is 6.04. The van der Waals surface area contributed by atoms with Crippen LogP contribution in [0.3, 0.4) is 0 Å². The van der Waals surface area contributed by atoms with Crippen LogP contribution in [-0.2, 0) is 20.7 Å². The van der Waals surface area contributed by atoms with E-state index in [1.807, 2.05) is 89.2 Å². The molecule has 0 saturated carbocycles. The van der Waals surface area contributed by atoms with Gasteiger partial charge in [0.15, 0.2) is 23.3 Å². The number of fused-ring (bicyclic) bond motifs is 2. The number of esters is 1. The largest absolute Gasteiger partial charge is 0.490 e. The number of hydrogen-bond donors (Lipinski definition) is 0. The Kier molecular flexibility index (Phi) is 8.14. The van der Waals surface area contributed by atoms with Gasteiger partial charge in [0.2, 0.25) is 0 Å². The molecule has 6 rings (SSSR count). The maximum absolute atomic E-state index is 15.9. The SMILES string of the molecule is COC(=O)[C@@H](OC(C)(C)C)c1c(C)nc2c(-c3cccc(Cl)c3)c(-c3ccccc3)nn2c1-c1cc(F)c2c(c1C)CCCO2. The predicted molar refractivity (Wildman–Crippen MR) is 173 cm³/mol. The second-order valence-corrected chi connectivity index (χ2v) is 12.7. The van der Waals surface area contributed by atoms with E-state index in [-0.39, 0.29) is 5.75 Å². The first-order valence-corrected chi connectivity index (χ1v) is 15.3. The molecule has 0 bridgehead atoms. The third-order valence-corrected chi connectivity index (χ3v) is 8.23. The molecule has 0 N–H and O–H groups in total. The van der Waals surface area contributed by atoms with Crippen LogP contribution in [0.5, 0.6) is 5.75 Å². The van der Waals surface area contributed by atoms with Crippen molar-refractivity contribution in [2.45, 2.75) is 59.2 Å². The maximum Gasteiger partial charge on any atom is 0.339 e. The van der Waals surface area contributed by atoms with Gasteiger partial charge in [-0.2, -0.15) is 5.10 Å². The molecule has 0 radical (unpaired) electrons. The molecule has 1 aliphatic rings. The molecule has 0 unspecified atom stereocenters. The first kappa shape index (κ1) is 30.7. The molecular weight excluding hydrogens is 593 g/mol. The minimum atomic E-state index is -1.17. The van der Waals surface area contributed by atoms with Crippen LogP contribution in [0.1, 0.15) is 55.7 Å². The molecule has 2 aromatic heterocycles. The van der Waals surface area contributed by atoms with Gasteiger partial charge in [0, 0.05) is 33.0 Å². The monoisotopic (exact) mass is 627 g/mol. The number of aryl methyl sites for hydroxylation is 1. The number of rotatable bonds is 6. The lowest BCUT2D eigenvalue weighted by Gasteiger charge is -2.29. The van der Waals surface area contributed by atoms with Gasteiger partial charge in [0.1, 0.15) is 5.69 Å². The number of halogens is 2. The van der Waals surface area contributed by atoms with E-state index in [1.165, 1.54) is 13.2 Å². The molecule has 9 heteroatoms. The van der Waals surface area contributed by atoms with Gasteiger partial charge in [0.25, 0.3) is 0 Å². The Balaban J connectivity index is 1.79. The van der Waals surface area contributed by atoms with Crippen LogP contribution < -0.4 is 4.74 Å². The summed E-state index contributed by atoms with van der Waals surface area (Å²) in [5.74, 6) is -0.803.